The predicted octanol–water partition coefficient (Wildman–Crippen LogP) is 3.81. The van der Waals surface area contributed by atoms with Crippen LogP contribution in [0.25, 0.3) is 15.9 Å². The summed E-state index contributed by atoms with van der Waals surface area (Å²) in [4.78, 5) is 19.5. The van der Waals surface area contributed by atoms with Crippen LogP contribution in [0.5, 0.6) is 5.88 Å². The molecule has 0 N–H and O–H groups in total. The molecular formula is C21H17F2N5O2S. The molecule has 1 aromatic carbocycles. The number of likely N-dealkylation sites (tertiary alicyclic amines) is 1. The molecule has 1 aliphatic rings. The second kappa shape index (κ2) is 7.69. The third-order valence-corrected chi connectivity index (χ3v) is 6.02. The van der Waals surface area contributed by atoms with Crippen molar-refractivity contribution in [3.63, 3.8) is 0 Å². The van der Waals surface area contributed by atoms with Crippen molar-refractivity contribution in [1.82, 2.24) is 24.9 Å². The molecule has 4 heterocycles. The third-order valence-electron chi connectivity index (χ3n) is 5.19. The van der Waals surface area contributed by atoms with E-state index in [-0.39, 0.29) is 24.9 Å². The van der Waals surface area contributed by atoms with Crippen LogP contribution >= 0.6 is 11.3 Å². The summed E-state index contributed by atoms with van der Waals surface area (Å²) in [6.45, 7) is -0.291. The highest BCUT2D eigenvalue weighted by atomic mass is 32.1. The SMILES string of the molecule is O=C(c1cccc(-n2ccnn2)c1)N1CCC(F)(F)C(Oc2ccc3ccsc3n2)C1. The minimum Gasteiger partial charge on any atom is -0.466 e. The number of aromatic nitrogens is 4. The normalized spacial score (nSPS) is 18.3. The van der Waals surface area contributed by atoms with Gasteiger partial charge in [-0.25, -0.2) is 18.4 Å². The number of carbonyl (C=O) groups is 1. The number of alkyl halides is 2. The fourth-order valence-electron chi connectivity index (χ4n) is 3.53. The van der Waals surface area contributed by atoms with E-state index in [0.29, 0.717) is 11.3 Å². The highest BCUT2D eigenvalue weighted by Gasteiger charge is 2.47. The summed E-state index contributed by atoms with van der Waals surface area (Å²) in [6, 6.07) is 12.1. The van der Waals surface area contributed by atoms with E-state index in [4.69, 9.17) is 4.74 Å². The van der Waals surface area contributed by atoms with Crippen molar-refractivity contribution in [2.24, 2.45) is 0 Å². The number of halogens is 2. The summed E-state index contributed by atoms with van der Waals surface area (Å²) in [5.74, 6) is -3.28. The van der Waals surface area contributed by atoms with Gasteiger partial charge in [-0.15, -0.1) is 16.4 Å². The maximum atomic E-state index is 14.6. The first kappa shape index (κ1) is 19.6. The van der Waals surface area contributed by atoms with Crippen molar-refractivity contribution < 1.29 is 18.3 Å². The van der Waals surface area contributed by atoms with Gasteiger partial charge in [0.15, 0.2) is 6.10 Å². The van der Waals surface area contributed by atoms with Crippen LogP contribution in [-0.4, -0.2) is 55.9 Å². The number of rotatable bonds is 4. The van der Waals surface area contributed by atoms with Gasteiger partial charge in [-0.1, -0.05) is 11.3 Å². The second-order valence-corrected chi connectivity index (χ2v) is 8.13. The molecule has 1 amide bonds. The summed E-state index contributed by atoms with van der Waals surface area (Å²) >= 11 is 1.41. The molecule has 31 heavy (non-hydrogen) atoms. The average molecular weight is 441 g/mol. The molecule has 4 aromatic rings. The summed E-state index contributed by atoms with van der Waals surface area (Å²) in [7, 11) is 0. The molecule has 0 bridgehead atoms. The van der Waals surface area contributed by atoms with E-state index < -0.39 is 18.4 Å². The second-order valence-electron chi connectivity index (χ2n) is 7.23. The minimum atomic E-state index is -3.06. The van der Waals surface area contributed by atoms with Gasteiger partial charge in [0.05, 0.1) is 24.6 Å². The van der Waals surface area contributed by atoms with Crippen LogP contribution in [0.1, 0.15) is 16.8 Å². The van der Waals surface area contributed by atoms with Crippen molar-refractivity contribution in [2.45, 2.75) is 18.4 Å². The fraction of sp³-hybridized carbons (Fsp3) is 0.238. The zero-order chi connectivity index (χ0) is 21.4. The molecule has 158 valence electrons. The average Bonchev–Trinajstić information content (AvgIpc) is 3.46. The molecular weight excluding hydrogens is 424 g/mol. The van der Waals surface area contributed by atoms with Gasteiger partial charge in [0.2, 0.25) is 5.88 Å². The Kier molecular flexibility index (Phi) is 4.85. The van der Waals surface area contributed by atoms with E-state index in [9.17, 15) is 13.6 Å². The highest BCUT2D eigenvalue weighted by Crippen LogP contribution is 2.33. The van der Waals surface area contributed by atoms with Crippen LogP contribution in [0.4, 0.5) is 8.78 Å². The van der Waals surface area contributed by atoms with Gasteiger partial charge in [-0.2, -0.15) is 0 Å². The molecule has 10 heteroatoms. The van der Waals surface area contributed by atoms with Gasteiger partial charge < -0.3 is 9.64 Å². The number of fused-ring (bicyclic) bond motifs is 1. The van der Waals surface area contributed by atoms with Crippen LogP contribution in [0.15, 0.2) is 60.2 Å². The largest absolute Gasteiger partial charge is 0.466 e. The van der Waals surface area contributed by atoms with Gasteiger partial charge in [-0.3, -0.25) is 4.79 Å². The molecule has 0 radical (unpaired) electrons. The van der Waals surface area contributed by atoms with E-state index in [0.717, 1.165) is 10.2 Å². The zero-order valence-electron chi connectivity index (χ0n) is 16.2. The lowest BCUT2D eigenvalue weighted by Crippen LogP contribution is -2.55. The van der Waals surface area contributed by atoms with E-state index in [2.05, 4.69) is 15.3 Å². The smallest absolute Gasteiger partial charge is 0.287 e. The molecule has 0 aliphatic carbocycles. The fourth-order valence-corrected chi connectivity index (χ4v) is 4.28. The number of hydrogen-bond donors (Lipinski definition) is 0. The van der Waals surface area contributed by atoms with Gasteiger partial charge in [0.1, 0.15) is 4.83 Å². The lowest BCUT2D eigenvalue weighted by atomic mass is 10.0. The third kappa shape index (κ3) is 3.86. The van der Waals surface area contributed by atoms with Crippen LogP contribution in [-0.2, 0) is 0 Å². The van der Waals surface area contributed by atoms with E-state index in [1.807, 2.05) is 11.4 Å². The molecule has 0 saturated carbocycles. The van der Waals surface area contributed by atoms with E-state index >= 15 is 0 Å². The van der Waals surface area contributed by atoms with E-state index in [1.165, 1.54) is 27.1 Å². The molecule has 1 saturated heterocycles. The van der Waals surface area contributed by atoms with Crippen molar-refractivity contribution in [2.75, 3.05) is 13.1 Å². The molecule has 3 aromatic heterocycles. The van der Waals surface area contributed by atoms with E-state index in [1.54, 1.807) is 42.6 Å². The molecule has 1 aliphatic heterocycles. The molecule has 1 atom stereocenters. The quantitative estimate of drug-likeness (QED) is 0.482. The van der Waals surface area contributed by atoms with Crippen LogP contribution in [0.2, 0.25) is 0 Å². The maximum absolute atomic E-state index is 14.6. The lowest BCUT2D eigenvalue weighted by Gasteiger charge is -2.38. The Morgan fingerprint density at radius 2 is 2.13 bits per heavy atom. The number of ether oxygens (including phenoxy) is 1. The maximum Gasteiger partial charge on any atom is 0.287 e. The number of pyridine rings is 1. The Bertz CT molecular complexity index is 1230. The Morgan fingerprint density at radius 3 is 2.97 bits per heavy atom. The first-order chi connectivity index (χ1) is 15.0. The van der Waals surface area contributed by atoms with Gasteiger partial charge in [0.25, 0.3) is 11.8 Å². The molecule has 5 rings (SSSR count). The monoisotopic (exact) mass is 441 g/mol. The Labute approximate surface area is 179 Å². The van der Waals surface area contributed by atoms with Crippen molar-refractivity contribution in [3.8, 4) is 11.6 Å². The molecule has 1 fully saturated rings. The van der Waals surface area contributed by atoms with Gasteiger partial charge >= 0.3 is 0 Å². The highest BCUT2D eigenvalue weighted by molar-refractivity contribution is 7.16. The summed E-state index contributed by atoms with van der Waals surface area (Å²) in [6.07, 6.45) is 1.23. The summed E-state index contributed by atoms with van der Waals surface area (Å²) in [5, 5.41) is 10.5. The van der Waals surface area contributed by atoms with Crippen molar-refractivity contribution in [1.29, 1.82) is 0 Å². The number of benzene rings is 1. The topological polar surface area (TPSA) is 73.1 Å². The predicted molar refractivity (Wildman–Crippen MR) is 111 cm³/mol. The Balaban J connectivity index is 1.36. The Morgan fingerprint density at radius 1 is 1.23 bits per heavy atom. The zero-order valence-corrected chi connectivity index (χ0v) is 17.0. The number of nitrogens with zero attached hydrogens (tertiary/aromatic N) is 5. The van der Waals surface area contributed by atoms with Gasteiger partial charge in [0, 0.05) is 30.0 Å². The summed E-state index contributed by atoms with van der Waals surface area (Å²) < 4.78 is 36.3. The molecule has 7 nitrogen and oxygen atoms in total. The van der Waals surface area contributed by atoms with Crippen LogP contribution in [0, 0.1) is 0 Å². The summed E-state index contributed by atoms with van der Waals surface area (Å²) in [5.41, 5.74) is 1.04. The number of thiophene rings is 1. The number of piperidine rings is 1. The molecule has 1 unspecified atom stereocenters. The standard InChI is InChI=1S/C21H17F2N5O2S/c22-21(23)7-9-27(13-17(21)30-18-5-4-14-6-11-31-19(14)25-18)20(29)15-2-1-3-16(12-15)28-10-8-24-26-28/h1-6,8,10-12,17H,7,9,13H2. The molecule has 0 spiro atoms. The van der Waals surface area contributed by atoms with Gasteiger partial charge in [-0.05, 0) is 35.7 Å². The van der Waals surface area contributed by atoms with Crippen LogP contribution < -0.4 is 4.74 Å². The number of amides is 1. The number of hydrogen-bond acceptors (Lipinski definition) is 6. The van der Waals surface area contributed by atoms with Crippen molar-refractivity contribution in [3.05, 3.63) is 65.8 Å². The lowest BCUT2D eigenvalue weighted by molar-refractivity contribution is -0.131. The first-order valence-corrected chi connectivity index (χ1v) is 10.5. The number of carbonyl (C=O) groups excluding carboxylic acids is 1. The minimum absolute atomic E-state index is 0.0589. The Hall–Kier alpha value is -3.40. The van der Waals surface area contributed by atoms with Crippen molar-refractivity contribution >= 4 is 27.5 Å². The van der Waals surface area contributed by atoms with Crippen LogP contribution in [0.3, 0.4) is 0 Å². The first-order valence-electron chi connectivity index (χ1n) is 9.64.